The molecule has 1 aliphatic rings. The number of esters is 1. The Labute approximate surface area is 139 Å². The molecule has 0 saturated heterocycles. The summed E-state index contributed by atoms with van der Waals surface area (Å²) in [5.74, 6) is -0.517. The van der Waals surface area contributed by atoms with Crippen molar-refractivity contribution in [3.8, 4) is 0 Å². The van der Waals surface area contributed by atoms with Gasteiger partial charge in [-0.1, -0.05) is 0 Å². The summed E-state index contributed by atoms with van der Waals surface area (Å²) in [6.07, 6.45) is 0. The standard InChI is InChI=1S/C16H19N3O5/c1-4-18-10(3)13(15(20)24-5-2)14(17-16(18)21)11-6-8-12(9-7-11)19(22)23/h6-9,14H,4-5H2,1-3H3,(H,17,21)/t14-/m0/s1. The lowest BCUT2D eigenvalue weighted by Crippen LogP contribution is -2.47. The van der Waals surface area contributed by atoms with Crippen molar-refractivity contribution in [2.24, 2.45) is 0 Å². The maximum atomic E-state index is 12.4. The molecule has 24 heavy (non-hydrogen) atoms. The van der Waals surface area contributed by atoms with Crippen LogP contribution in [0.25, 0.3) is 0 Å². The highest BCUT2D eigenvalue weighted by Crippen LogP contribution is 2.31. The lowest BCUT2D eigenvalue weighted by atomic mass is 9.94. The minimum atomic E-state index is -0.708. The Morgan fingerprint density at radius 3 is 2.46 bits per heavy atom. The number of amides is 2. The molecule has 8 heteroatoms. The molecule has 0 unspecified atom stereocenters. The van der Waals surface area contributed by atoms with Crippen LogP contribution in [0.4, 0.5) is 10.5 Å². The van der Waals surface area contributed by atoms with Gasteiger partial charge in [0.2, 0.25) is 0 Å². The number of benzene rings is 1. The topological polar surface area (TPSA) is 102 Å². The number of ether oxygens (including phenoxy) is 1. The molecule has 0 bridgehead atoms. The number of nitrogens with one attached hydrogen (secondary N) is 1. The molecular formula is C16H19N3O5. The average molecular weight is 333 g/mol. The number of nitrogens with zero attached hydrogens (tertiary/aromatic N) is 2. The summed E-state index contributed by atoms with van der Waals surface area (Å²) in [5, 5.41) is 13.5. The number of nitro groups is 1. The van der Waals surface area contributed by atoms with Crippen molar-refractivity contribution in [1.82, 2.24) is 10.2 Å². The highest BCUT2D eigenvalue weighted by Gasteiger charge is 2.35. The third kappa shape index (κ3) is 3.22. The van der Waals surface area contributed by atoms with E-state index in [0.717, 1.165) is 0 Å². The lowest BCUT2D eigenvalue weighted by molar-refractivity contribution is -0.384. The number of non-ortho nitro benzene ring substituents is 1. The second-order valence-electron chi connectivity index (χ2n) is 5.19. The van der Waals surface area contributed by atoms with E-state index >= 15 is 0 Å². The molecule has 1 atom stereocenters. The summed E-state index contributed by atoms with van der Waals surface area (Å²) in [6, 6.07) is 4.69. The van der Waals surface area contributed by atoms with Gasteiger partial charge in [0.25, 0.3) is 5.69 Å². The van der Waals surface area contributed by atoms with E-state index in [-0.39, 0.29) is 18.3 Å². The number of hydrogen-bond acceptors (Lipinski definition) is 5. The Kier molecular flexibility index (Phi) is 5.18. The molecule has 1 aliphatic heterocycles. The Bertz CT molecular complexity index is 696. The molecule has 0 spiro atoms. The van der Waals surface area contributed by atoms with Crippen LogP contribution in [-0.2, 0) is 9.53 Å². The first-order valence-corrected chi connectivity index (χ1v) is 7.60. The molecule has 1 N–H and O–H groups in total. The fraction of sp³-hybridized carbons (Fsp3) is 0.375. The van der Waals surface area contributed by atoms with Crippen LogP contribution in [0, 0.1) is 10.1 Å². The zero-order valence-corrected chi connectivity index (χ0v) is 13.7. The fourth-order valence-corrected chi connectivity index (χ4v) is 2.67. The maximum absolute atomic E-state index is 12.4. The molecule has 0 fully saturated rings. The Balaban J connectivity index is 2.49. The van der Waals surface area contributed by atoms with Gasteiger partial charge in [-0.3, -0.25) is 15.0 Å². The summed E-state index contributed by atoms with van der Waals surface area (Å²) in [4.78, 5) is 36.3. The SMILES string of the molecule is CCOC(=O)C1=C(C)N(CC)C(=O)N[C@H]1c1ccc([N+](=O)[O-])cc1. The van der Waals surface area contributed by atoms with Gasteiger partial charge in [-0.05, 0) is 38.5 Å². The zero-order valence-electron chi connectivity index (χ0n) is 13.7. The fourth-order valence-electron chi connectivity index (χ4n) is 2.67. The number of rotatable bonds is 5. The third-order valence-corrected chi connectivity index (χ3v) is 3.85. The molecule has 8 nitrogen and oxygen atoms in total. The summed E-state index contributed by atoms with van der Waals surface area (Å²) >= 11 is 0. The number of allylic oxidation sites excluding steroid dienone is 1. The van der Waals surface area contributed by atoms with Crippen molar-refractivity contribution >= 4 is 17.7 Å². The minimum absolute atomic E-state index is 0.0607. The Hall–Kier alpha value is -2.90. The van der Waals surface area contributed by atoms with Gasteiger partial charge < -0.3 is 10.1 Å². The van der Waals surface area contributed by atoms with Gasteiger partial charge in [0.1, 0.15) is 0 Å². The van der Waals surface area contributed by atoms with Gasteiger partial charge in [0, 0.05) is 24.4 Å². The van der Waals surface area contributed by atoms with Crippen LogP contribution in [-0.4, -0.2) is 35.0 Å². The van der Waals surface area contributed by atoms with E-state index in [1.807, 2.05) is 0 Å². The van der Waals surface area contributed by atoms with Crippen LogP contribution >= 0.6 is 0 Å². The molecule has 2 amide bonds. The van der Waals surface area contributed by atoms with Gasteiger partial charge >= 0.3 is 12.0 Å². The Morgan fingerprint density at radius 1 is 1.33 bits per heavy atom. The predicted molar refractivity (Wildman–Crippen MR) is 86.1 cm³/mol. The quantitative estimate of drug-likeness (QED) is 0.507. The molecule has 0 saturated carbocycles. The van der Waals surface area contributed by atoms with E-state index in [0.29, 0.717) is 23.4 Å². The highest BCUT2D eigenvalue weighted by molar-refractivity contribution is 5.95. The number of carbonyl (C=O) groups is 2. The van der Waals surface area contributed by atoms with Gasteiger partial charge in [-0.15, -0.1) is 0 Å². The minimum Gasteiger partial charge on any atom is -0.463 e. The van der Waals surface area contributed by atoms with E-state index in [2.05, 4.69) is 5.32 Å². The van der Waals surface area contributed by atoms with Crippen LogP contribution in [0.5, 0.6) is 0 Å². The van der Waals surface area contributed by atoms with Gasteiger partial charge in [-0.25, -0.2) is 9.59 Å². The summed E-state index contributed by atoms with van der Waals surface area (Å²) in [7, 11) is 0. The lowest BCUT2D eigenvalue weighted by Gasteiger charge is -2.34. The number of carbonyl (C=O) groups excluding carboxylic acids is 2. The smallest absolute Gasteiger partial charge is 0.338 e. The van der Waals surface area contributed by atoms with Crippen LogP contribution in [0.2, 0.25) is 0 Å². The van der Waals surface area contributed by atoms with Crippen LogP contribution in [0.15, 0.2) is 35.5 Å². The number of urea groups is 1. The first kappa shape index (κ1) is 17.5. The number of nitro benzene ring substituents is 1. The summed E-state index contributed by atoms with van der Waals surface area (Å²) in [5.41, 5.74) is 1.36. The molecule has 0 aliphatic carbocycles. The molecule has 1 aromatic carbocycles. The molecular weight excluding hydrogens is 314 g/mol. The Morgan fingerprint density at radius 2 is 1.96 bits per heavy atom. The van der Waals surface area contributed by atoms with E-state index in [1.54, 1.807) is 20.8 Å². The summed E-state index contributed by atoms with van der Waals surface area (Å²) < 4.78 is 5.11. The van der Waals surface area contributed by atoms with Crippen molar-refractivity contribution in [2.45, 2.75) is 26.8 Å². The van der Waals surface area contributed by atoms with Crippen LogP contribution in [0.3, 0.4) is 0 Å². The highest BCUT2D eigenvalue weighted by atomic mass is 16.6. The van der Waals surface area contributed by atoms with Crippen molar-refractivity contribution < 1.29 is 19.2 Å². The molecule has 0 radical (unpaired) electrons. The third-order valence-electron chi connectivity index (χ3n) is 3.85. The normalized spacial score (nSPS) is 17.5. The monoisotopic (exact) mass is 333 g/mol. The second kappa shape index (κ2) is 7.12. The maximum Gasteiger partial charge on any atom is 0.338 e. The second-order valence-corrected chi connectivity index (χ2v) is 5.19. The molecule has 0 aromatic heterocycles. The first-order chi connectivity index (χ1) is 11.4. The zero-order chi connectivity index (χ0) is 17.9. The summed E-state index contributed by atoms with van der Waals surface area (Å²) in [6.45, 7) is 5.81. The molecule has 1 aromatic rings. The predicted octanol–water partition coefficient (Wildman–Crippen LogP) is 2.52. The molecule has 1 heterocycles. The largest absolute Gasteiger partial charge is 0.463 e. The van der Waals surface area contributed by atoms with E-state index in [1.165, 1.54) is 29.2 Å². The van der Waals surface area contributed by atoms with Gasteiger partial charge in [0.15, 0.2) is 0 Å². The number of hydrogen-bond donors (Lipinski definition) is 1. The van der Waals surface area contributed by atoms with Crippen molar-refractivity contribution in [1.29, 1.82) is 0 Å². The van der Waals surface area contributed by atoms with Gasteiger partial charge in [0.05, 0.1) is 23.1 Å². The van der Waals surface area contributed by atoms with Gasteiger partial charge in [-0.2, -0.15) is 0 Å². The van der Waals surface area contributed by atoms with Crippen molar-refractivity contribution in [3.05, 3.63) is 51.2 Å². The van der Waals surface area contributed by atoms with Crippen molar-refractivity contribution in [3.63, 3.8) is 0 Å². The molecule has 2 rings (SSSR count). The average Bonchev–Trinajstić information content (AvgIpc) is 2.55. The van der Waals surface area contributed by atoms with Crippen LogP contribution < -0.4 is 5.32 Å². The first-order valence-electron chi connectivity index (χ1n) is 7.60. The van der Waals surface area contributed by atoms with E-state index in [4.69, 9.17) is 4.74 Å². The molecule has 128 valence electrons. The van der Waals surface area contributed by atoms with E-state index in [9.17, 15) is 19.7 Å². The van der Waals surface area contributed by atoms with Crippen molar-refractivity contribution in [2.75, 3.05) is 13.2 Å². The van der Waals surface area contributed by atoms with E-state index < -0.39 is 16.9 Å². The van der Waals surface area contributed by atoms with Crippen LogP contribution in [0.1, 0.15) is 32.4 Å².